The smallest absolute Gasteiger partial charge is 0.381 e. The molecule has 1 fully saturated rings. The van der Waals surface area contributed by atoms with Gasteiger partial charge in [-0.15, -0.1) is 11.3 Å². The molecule has 0 bridgehead atoms. The van der Waals surface area contributed by atoms with Crippen molar-refractivity contribution >= 4 is 44.9 Å². The molecule has 0 spiro atoms. The first-order valence-electron chi connectivity index (χ1n) is 8.78. The molecule has 0 saturated heterocycles. The van der Waals surface area contributed by atoms with Crippen LogP contribution in [0.2, 0.25) is 0 Å². The molecule has 1 amide bonds. The fraction of sp³-hybridized carbons (Fsp3) is 0.556. The monoisotopic (exact) mass is 418 g/mol. The van der Waals surface area contributed by atoms with Gasteiger partial charge in [-0.25, -0.2) is 4.98 Å². The number of benzene rings is 1. The Bertz CT molecular complexity index is 786. The van der Waals surface area contributed by atoms with Gasteiger partial charge >= 0.3 is 6.18 Å². The number of nitrogens with one attached hydrogen (secondary N) is 1. The summed E-state index contributed by atoms with van der Waals surface area (Å²) >= 11 is 2.45. The Labute approximate surface area is 163 Å². The number of halogens is 3. The number of nitrogens with zero attached hydrogens (tertiary/aromatic N) is 1. The Morgan fingerprint density at radius 3 is 2.74 bits per heavy atom. The van der Waals surface area contributed by atoms with Crippen LogP contribution in [-0.4, -0.2) is 36.0 Å². The molecule has 0 unspecified atom stereocenters. The molecule has 1 aliphatic rings. The van der Waals surface area contributed by atoms with Gasteiger partial charge in [-0.2, -0.15) is 13.2 Å². The zero-order valence-corrected chi connectivity index (χ0v) is 16.5. The topological polar surface area (TPSA) is 51.2 Å². The van der Waals surface area contributed by atoms with Crippen molar-refractivity contribution in [1.29, 1.82) is 0 Å². The van der Waals surface area contributed by atoms with E-state index in [4.69, 9.17) is 4.74 Å². The average Bonchev–Trinajstić information content (AvgIpc) is 3.02. The number of rotatable bonds is 6. The number of amides is 1. The molecule has 3 rings (SSSR count). The zero-order valence-electron chi connectivity index (χ0n) is 14.8. The van der Waals surface area contributed by atoms with Crippen molar-refractivity contribution in [2.75, 3.05) is 18.2 Å². The van der Waals surface area contributed by atoms with Crippen LogP contribution in [0.4, 0.5) is 18.9 Å². The van der Waals surface area contributed by atoms with Gasteiger partial charge in [0.05, 0.1) is 22.7 Å². The summed E-state index contributed by atoms with van der Waals surface area (Å²) in [6, 6.07) is 5.40. The van der Waals surface area contributed by atoms with Crippen LogP contribution < -0.4 is 5.32 Å². The van der Waals surface area contributed by atoms with Gasteiger partial charge in [0.25, 0.3) is 0 Å². The Balaban J connectivity index is 1.58. The van der Waals surface area contributed by atoms with Crippen LogP contribution in [0.1, 0.15) is 32.1 Å². The fourth-order valence-electron chi connectivity index (χ4n) is 3.10. The van der Waals surface area contributed by atoms with Gasteiger partial charge in [0.2, 0.25) is 5.91 Å². The summed E-state index contributed by atoms with van der Waals surface area (Å²) in [7, 11) is 1.70. The molecule has 148 valence electrons. The molecule has 0 atom stereocenters. The molecule has 27 heavy (non-hydrogen) atoms. The van der Waals surface area contributed by atoms with Crippen molar-refractivity contribution in [2.24, 2.45) is 5.92 Å². The minimum absolute atomic E-state index is 0.00759. The lowest BCUT2D eigenvalue weighted by Crippen LogP contribution is -2.29. The number of carbonyl (C=O) groups excluding carboxylic acids is 1. The third kappa shape index (κ3) is 5.83. The van der Waals surface area contributed by atoms with Gasteiger partial charge in [0, 0.05) is 24.5 Å². The highest BCUT2D eigenvalue weighted by atomic mass is 32.2. The van der Waals surface area contributed by atoms with Crippen LogP contribution in [0.25, 0.3) is 10.2 Å². The number of anilines is 1. The predicted molar refractivity (Wildman–Crippen MR) is 102 cm³/mol. The van der Waals surface area contributed by atoms with Gasteiger partial charge in [-0.1, -0.05) is 11.8 Å². The minimum Gasteiger partial charge on any atom is -0.381 e. The van der Waals surface area contributed by atoms with Crippen molar-refractivity contribution < 1.29 is 22.7 Å². The lowest BCUT2D eigenvalue weighted by Gasteiger charge is -2.26. The zero-order chi connectivity index (χ0) is 19.4. The molecule has 1 aromatic heterocycles. The van der Waals surface area contributed by atoms with E-state index >= 15 is 0 Å². The molecule has 1 aromatic carbocycles. The van der Waals surface area contributed by atoms with Crippen LogP contribution in [0, 0.1) is 5.92 Å². The molecule has 4 nitrogen and oxygen atoms in total. The van der Waals surface area contributed by atoms with E-state index in [0.29, 0.717) is 10.0 Å². The maximum absolute atomic E-state index is 12.5. The summed E-state index contributed by atoms with van der Waals surface area (Å²) in [4.78, 5) is 16.8. The van der Waals surface area contributed by atoms with E-state index < -0.39 is 12.6 Å². The molecule has 1 aliphatic carbocycles. The summed E-state index contributed by atoms with van der Waals surface area (Å²) in [5.74, 6) is -0.0490. The van der Waals surface area contributed by atoms with Crippen molar-refractivity contribution in [3.8, 4) is 0 Å². The maximum Gasteiger partial charge on any atom is 0.389 e. The molecule has 1 saturated carbocycles. The van der Waals surface area contributed by atoms with E-state index in [1.54, 1.807) is 19.2 Å². The highest BCUT2D eigenvalue weighted by Gasteiger charge is 2.27. The lowest BCUT2D eigenvalue weighted by molar-refractivity contribution is -0.129. The van der Waals surface area contributed by atoms with Crippen molar-refractivity contribution in [2.45, 2.75) is 48.7 Å². The Morgan fingerprint density at radius 1 is 1.33 bits per heavy atom. The number of methoxy groups -OCH3 is 1. The number of hydrogen-bond donors (Lipinski definition) is 1. The van der Waals surface area contributed by atoms with Crippen molar-refractivity contribution in [1.82, 2.24) is 4.98 Å². The van der Waals surface area contributed by atoms with Crippen LogP contribution in [0.15, 0.2) is 22.5 Å². The van der Waals surface area contributed by atoms with Gasteiger partial charge in [0.1, 0.15) is 0 Å². The number of alkyl halides is 3. The summed E-state index contributed by atoms with van der Waals surface area (Å²) < 4.78 is 43.6. The van der Waals surface area contributed by atoms with Gasteiger partial charge in [-0.3, -0.25) is 4.79 Å². The SMILES string of the molecule is COC1CCC(C(=O)Nc2ccc3nc(SCCC(F)(F)F)sc3c2)CC1. The second-order valence-corrected chi connectivity index (χ2v) is 8.95. The molecule has 2 aromatic rings. The number of carbonyl (C=O) groups is 1. The summed E-state index contributed by atoms with van der Waals surface area (Å²) in [5, 5.41) is 2.95. The first-order valence-corrected chi connectivity index (χ1v) is 10.6. The second-order valence-electron chi connectivity index (χ2n) is 6.57. The quantitative estimate of drug-likeness (QED) is 0.631. The number of aromatic nitrogens is 1. The molecular formula is C18H21F3N2O2S2. The largest absolute Gasteiger partial charge is 0.389 e. The van der Waals surface area contributed by atoms with Crippen molar-refractivity contribution in [3.63, 3.8) is 0 Å². The van der Waals surface area contributed by atoms with Crippen LogP contribution in [0.3, 0.4) is 0 Å². The van der Waals surface area contributed by atoms with Crippen LogP contribution in [-0.2, 0) is 9.53 Å². The molecule has 0 radical (unpaired) electrons. The Hall–Kier alpha value is -1.32. The molecule has 9 heteroatoms. The minimum atomic E-state index is -4.15. The predicted octanol–water partition coefficient (Wildman–Crippen LogP) is 5.48. The molecule has 1 N–H and O–H groups in total. The van der Waals surface area contributed by atoms with Gasteiger partial charge < -0.3 is 10.1 Å². The van der Waals surface area contributed by atoms with Crippen LogP contribution >= 0.6 is 23.1 Å². The van der Waals surface area contributed by atoms with E-state index in [1.807, 2.05) is 6.07 Å². The molecular weight excluding hydrogens is 397 g/mol. The number of thiazole rings is 1. The molecule has 0 aliphatic heterocycles. The highest BCUT2D eigenvalue weighted by molar-refractivity contribution is 8.01. The summed E-state index contributed by atoms with van der Waals surface area (Å²) in [5.41, 5.74) is 1.42. The van der Waals surface area contributed by atoms with Crippen LogP contribution in [0.5, 0.6) is 0 Å². The average molecular weight is 419 g/mol. The van der Waals surface area contributed by atoms with Crippen molar-refractivity contribution in [3.05, 3.63) is 18.2 Å². The summed E-state index contributed by atoms with van der Waals surface area (Å²) in [6.07, 6.45) is -1.33. The second kappa shape index (κ2) is 8.79. The lowest BCUT2D eigenvalue weighted by atomic mass is 9.87. The van der Waals surface area contributed by atoms with E-state index in [2.05, 4.69) is 10.3 Å². The van der Waals surface area contributed by atoms with Gasteiger partial charge in [0.15, 0.2) is 4.34 Å². The van der Waals surface area contributed by atoms with E-state index in [-0.39, 0.29) is 23.7 Å². The van der Waals surface area contributed by atoms with E-state index in [0.717, 1.165) is 47.7 Å². The molecule has 1 heterocycles. The number of thioether (sulfide) groups is 1. The first-order chi connectivity index (χ1) is 12.8. The number of fused-ring (bicyclic) bond motifs is 1. The third-order valence-corrected chi connectivity index (χ3v) is 6.79. The number of hydrogen-bond acceptors (Lipinski definition) is 5. The summed E-state index contributed by atoms with van der Waals surface area (Å²) in [6.45, 7) is 0. The van der Waals surface area contributed by atoms with E-state index in [9.17, 15) is 18.0 Å². The highest BCUT2D eigenvalue weighted by Crippen LogP contribution is 2.34. The number of ether oxygens (including phenoxy) is 1. The third-order valence-electron chi connectivity index (χ3n) is 4.63. The fourth-order valence-corrected chi connectivity index (χ4v) is 5.26. The normalized spacial score (nSPS) is 20.7. The standard InChI is InChI=1S/C18H21F3N2O2S2/c1-25-13-5-2-11(3-6-13)16(24)22-12-4-7-14-15(10-12)27-17(23-14)26-9-8-18(19,20)21/h4,7,10-11,13H,2-3,5-6,8-9H2,1H3,(H,22,24). The first kappa shape index (κ1) is 20.4. The van der Waals surface area contributed by atoms with Gasteiger partial charge in [-0.05, 0) is 43.9 Å². The van der Waals surface area contributed by atoms with E-state index in [1.165, 1.54) is 11.3 Å². The maximum atomic E-state index is 12.5. The Kier molecular flexibility index (Phi) is 6.65. The Morgan fingerprint density at radius 2 is 2.07 bits per heavy atom.